The van der Waals surface area contributed by atoms with Gasteiger partial charge >= 0.3 is 6.18 Å². The van der Waals surface area contributed by atoms with Gasteiger partial charge in [0, 0.05) is 31.2 Å². The van der Waals surface area contributed by atoms with Gasteiger partial charge in [-0.3, -0.25) is 5.10 Å². The Labute approximate surface area is 135 Å². The molecule has 0 aliphatic rings. The highest BCUT2D eigenvalue weighted by atomic mass is 19.4. The maximum atomic E-state index is 12.6. The van der Waals surface area contributed by atoms with Crippen molar-refractivity contribution in [2.45, 2.75) is 12.7 Å². The van der Waals surface area contributed by atoms with Gasteiger partial charge in [-0.15, -0.1) is 0 Å². The van der Waals surface area contributed by atoms with Gasteiger partial charge in [0.25, 0.3) is 0 Å². The third-order valence-corrected chi connectivity index (χ3v) is 3.41. The highest BCUT2D eigenvalue weighted by molar-refractivity contribution is 5.81. The largest absolute Gasteiger partial charge is 0.433 e. The lowest BCUT2D eigenvalue weighted by Gasteiger charge is -2.09. The molecule has 1 aromatic carbocycles. The van der Waals surface area contributed by atoms with Crippen molar-refractivity contribution in [3.63, 3.8) is 0 Å². The molecule has 0 aliphatic heterocycles. The standard InChI is InChI=1S/C15H15F3N6/c16-15(17,18)12-4-5-20-14(23-12)21-7-6-19-8-10-2-1-3-11-9-22-24-13(10)11/h1-5,9,19H,6-8H2,(H,22,24)(H,20,21,23). The number of hydrogen-bond donors (Lipinski definition) is 3. The quantitative estimate of drug-likeness (QED) is 0.603. The number of fused-ring (bicyclic) bond motifs is 1. The number of halogens is 3. The van der Waals surface area contributed by atoms with Gasteiger partial charge in [-0.05, 0) is 11.6 Å². The Balaban J connectivity index is 1.48. The number of alkyl halides is 3. The number of rotatable bonds is 6. The van der Waals surface area contributed by atoms with Crippen LogP contribution in [0.5, 0.6) is 0 Å². The molecule has 0 spiro atoms. The number of anilines is 1. The normalized spacial score (nSPS) is 11.8. The molecule has 24 heavy (non-hydrogen) atoms. The van der Waals surface area contributed by atoms with E-state index in [1.165, 1.54) is 0 Å². The number of H-pyrrole nitrogens is 1. The Bertz CT molecular complexity index is 814. The molecule has 0 aliphatic carbocycles. The van der Waals surface area contributed by atoms with E-state index in [9.17, 15) is 13.2 Å². The fourth-order valence-corrected chi connectivity index (χ4v) is 2.27. The number of nitrogens with one attached hydrogen (secondary N) is 3. The molecule has 0 amide bonds. The van der Waals surface area contributed by atoms with Crippen LogP contribution in [0.2, 0.25) is 0 Å². The fraction of sp³-hybridized carbons (Fsp3) is 0.267. The van der Waals surface area contributed by atoms with Gasteiger partial charge < -0.3 is 10.6 Å². The predicted octanol–water partition coefficient (Wildman–Crippen LogP) is 2.57. The van der Waals surface area contributed by atoms with Crippen molar-refractivity contribution in [2.24, 2.45) is 0 Å². The first-order valence-corrected chi connectivity index (χ1v) is 7.30. The second kappa shape index (κ2) is 6.83. The number of aromatic nitrogens is 4. The van der Waals surface area contributed by atoms with E-state index in [1.807, 2.05) is 18.2 Å². The van der Waals surface area contributed by atoms with E-state index in [4.69, 9.17) is 0 Å². The van der Waals surface area contributed by atoms with Crippen LogP contribution in [0.4, 0.5) is 19.1 Å². The van der Waals surface area contributed by atoms with Gasteiger partial charge in [-0.1, -0.05) is 18.2 Å². The average Bonchev–Trinajstić information content (AvgIpc) is 3.03. The van der Waals surface area contributed by atoms with Crippen LogP contribution < -0.4 is 10.6 Å². The Morgan fingerprint density at radius 2 is 2.00 bits per heavy atom. The van der Waals surface area contributed by atoms with Crippen molar-refractivity contribution in [1.82, 2.24) is 25.5 Å². The van der Waals surface area contributed by atoms with E-state index in [0.29, 0.717) is 19.6 Å². The zero-order chi connectivity index (χ0) is 17.0. The summed E-state index contributed by atoms with van der Waals surface area (Å²) in [6, 6.07) is 6.74. The lowest BCUT2D eigenvalue weighted by atomic mass is 10.1. The minimum atomic E-state index is -4.47. The number of nitrogens with zero attached hydrogens (tertiary/aromatic N) is 3. The third kappa shape index (κ3) is 3.80. The summed E-state index contributed by atoms with van der Waals surface area (Å²) in [7, 11) is 0. The topological polar surface area (TPSA) is 78.5 Å². The number of aromatic amines is 1. The van der Waals surface area contributed by atoms with Crippen molar-refractivity contribution >= 4 is 16.9 Å². The van der Waals surface area contributed by atoms with Gasteiger partial charge in [-0.25, -0.2) is 9.97 Å². The van der Waals surface area contributed by atoms with Gasteiger partial charge in [0.15, 0.2) is 0 Å². The molecule has 0 saturated carbocycles. The number of hydrogen-bond acceptors (Lipinski definition) is 5. The third-order valence-electron chi connectivity index (χ3n) is 3.41. The monoisotopic (exact) mass is 336 g/mol. The predicted molar refractivity (Wildman–Crippen MR) is 83.3 cm³/mol. The van der Waals surface area contributed by atoms with Crippen LogP contribution in [0, 0.1) is 0 Å². The van der Waals surface area contributed by atoms with E-state index in [1.54, 1.807) is 6.20 Å². The first-order chi connectivity index (χ1) is 11.5. The van der Waals surface area contributed by atoms with Crippen molar-refractivity contribution in [3.8, 4) is 0 Å². The molecule has 0 radical (unpaired) electrons. The molecular weight excluding hydrogens is 321 g/mol. The van der Waals surface area contributed by atoms with Crippen molar-refractivity contribution in [1.29, 1.82) is 0 Å². The zero-order valence-electron chi connectivity index (χ0n) is 12.6. The molecule has 2 heterocycles. The highest BCUT2D eigenvalue weighted by Crippen LogP contribution is 2.27. The molecule has 3 aromatic rings. The Morgan fingerprint density at radius 1 is 1.12 bits per heavy atom. The van der Waals surface area contributed by atoms with E-state index in [-0.39, 0.29) is 5.95 Å². The maximum Gasteiger partial charge on any atom is 0.433 e. The summed E-state index contributed by atoms with van der Waals surface area (Å²) in [6.07, 6.45) is -1.63. The fourth-order valence-electron chi connectivity index (χ4n) is 2.27. The Morgan fingerprint density at radius 3 is 2.83 bits per heavy atom. The zero-order valence-corrected chi connectivity index (χ0v) is 12.6. The van der Waals surface area contributed by atoms with E-state index >= 15 is 0 Å². The maximum absolute atomic E-state index is 12.6. The first-order valence-electron chi connectivity index (χ1n) is 7.30. The highest BCUT2D eigenvalue weighted by Gasteiger charge is 2.32. The smallest absolute Gasteiger partial charge is 0.353 e. The van der Waals surface area contributed by atoms with Gasteiger partial charge in [0.05, 0.1) is 11.7 Å². The summed E-state index contributed by atoms with van der Waals surface area (Å²) in [4.78, 5) is 7.22. The molecule has 6 nitrogen and oxygen atoms in total. The van der Waals surface area contributed by atoms with E-state index < -0.39 is 11.9 Å². The molecular formula is C15H15F3N6. The second-order valence-corrected chi connectivity index (χ2v) is 5.12. The van der Waals surface area contributed by atoms with Crippen LogP contribution in [-0.4, -0.2) is 33.3 Å². The minimum absolute atomic E-state index is 0.0395. The summed E-state index contributed by atoms with van der Waals surface area (Å²) in [6.45, 7) is 1.56. The van der Waals surface area contributed by atoms with Gasteiger partial charge in [-0.2, -0.15) is 18.3 Å². The minimum Gasteiger partial charge on any atom is -0.353 e. The molecule has 0 saturated heterocycles. The molecule has 0 fully saturated rings. The van der Waals surface area contributed by atoms with Crippen molar-refractivity contribution in [2.75, 3.05) is 18.4 Å². The summed E-state index contributed by atoms with van der Waals surface area (Å²) < 4.78 is 37.7. The summed E-state index contributed by atoms with van der Waals surface area (Å²) in [5, 5.41) is 14.0. The van der Waals surface area contributed by atoms with Gasteiger partial charge in [0.2, 0.25) is 5.95 Å². The molecule has 3 N–H and O–H groups in total. The second-order valence-electron chi connectivity index (χ2n) is 5.12. The average molecular weight is 336 g/mol. The van der Waals surface area contributed by atoms with Crippen molar-refractivity contribution < 1.29 is 13.2 Å². The Hall–Kier alpha value is -2.68. The molecule has 3 rings (SSSR count). The van der Waals surface area contributed by atoms with Crippen LogP contribution in [0.3, 0.4) is 0 Å². The van der Waals surface area contributed by atoms with E-state index in [0.717, 1.165) is 28.7 Å². The molecule has 0 unspecified atom stereocenters. The van der Waals surface area contributed by atoms with Crippen LogP contribution in [0.1, 0.15) is 11.3 Å². The first kappa shape index (κ1) is 16.2. The molecule has 126 valence electrons. The summed E-state index contributed by atoms with van der Waals surface area (Å²) >= 11 is 0. The van der Waals surface area contributed by atoms with E-state index in [2.05, 4.69) is 30.8 Å². The lowest BCUT2D eigenvalue weighted by molar-refractivity contribution is -0.141. The molecule has 0 atom stereocenters. The summed E-state index contributed by atoms with van der Waals surface area (Å²) in [5.41, 5.74) is 1.08. The van der Waals surface area contributed by atoms with Crippen molar-refractivity contribution in [3.05, 3.63) is 47.9 Å². The van der Waals surface area contributed by atoms with Crippen LogP contribution in [-0.2, 0) is 12.7 Å². The number of para-hydroxylation sites is 1. The number of benzene rings is 1. The Kier molecular flexibility index (Phi) is 4.61. The molecule has 0 bridgehead atoms. The van der Waals surface area contributed by atoms with Crippen LogP contribution in [0.15, 0.2) is 36.7 Å². The summed E-state index contributed by atoms with van der Waals surface area (Å²) in [5.74, 6) is -0.0395. The lowest BCUT2D eigenvalue weighted by Crippen LogP contribution is -2.23. The molecule has 9 heteroatoms. The SMILES string of the molecule is FC(F)(F)c1ccnc(NCCNCc2cccc3cn[nH]c23)n1. The van der Waals surface area contributed by atoms with Gasteiger partial charge in [0.1, 0.15) is 5.69 Å². The van der Waals surface area contributed by atoms with Crippen LogP contribution in [0.25, 0.3) is 10.9 Å². The van der Waals surface area contributed by atoms with Crippen LogP contribution >= 0.6 is 0 Å². The molecule has 2 aromatic heterocycles.